The number of hydrogen-bond donors (Lipinski definition) is 0. The van der Waals surface area contributed by atoms with Crippen molar-refractivity contribution in [2.24, 2.45) is 0 Å². The van der Waals surface area contributed by atoms with E-state index in [2.05, 4.69) is 23.1 Å². The molecule has 0 bridgehead atoms. The largest absolute Gasteiger partial charge is 0.492 e. The first-order chi connectivity index (χ1) is 29.3. The van der Waals surface area contributed by atoms with Gasteiger partial charge in [-0.05, 0) is 126 Å². The highest BCUT2D eigenvalue weighted by molar-refractivity contribution is 5.91. The van der Waals surface area contributed by atoms with Crippen molar-refractivity contribution >= 4 is 23.9 Å². The van der Waals surface area contributed by atoms with Crippen LogP contribution in [0, 0.1) is 0 Å². The Bertz CT molecular complexity index is 1830. The molecule has 0 unspecified atom stereocenters. The third-order valence-corrected chi connectivity index (χ3v) is 9.90. The molecule has 12 nitrogen and oxygen atoms in total. The van der Waals surface area contributed by atoms with Crippen LogP contribution in [0.3, 0.4) is 0 Å². The molecule has 60 heavy (non-hydrogen) atoms. The highest BCUT2D eigenvalue weighted by Gasteiger charge is 2.32. The van der Waals surface area contributed by atoms with Gasteiger partial charge in [0.25, 0.3) is 0 Å². The summed E-state index contributed by atoms with van der Waals surface area (Å²) < 4.78 is 33.4. The predicted molar refractivity (Wildman–Crippen MR) is 226 cm³/mol. The second-order valence-corrected chi connectivity index (χ2v) is 14.4. The van der Waals surface area contributed by atoms with E-state index in [1.54, 1.807) is 36.7 Å². The second kappa shape index (κ2) is 24.6. The molecular weight excluding hydrogens is 765 g/mol. The summed E-state index contributed by atoms with van der Waals surface area (Å²) in [6.07, 6.45) is 14.7. The first-order valence-corrected chi connectivity index (χ1v) is 20.7. The SMILES string of the molecule is C=CC(=O)OCCCCCCOc1ccc(-c2ccc(C(=O)O[C@@H]3CCCC[C@H]3OC(=O)c3ccc(-c4ccc(OCCCCCCOC(=O)C=C)cn4)cc3)cc2)nc1. The van der Waals surface area contributed by atoms with Crippen LogP contribution in [0.25, 0.3) is 22.5 Å². The highest BCUT2D eigenvalue weighted by atomic mass is 16.6. The van der Waals surface area contributed by atoms with Crippen LogP contribution in [-0.4, -0.2) is 72.5 Å². The van der Waals surface area contributed by atoms with Gasteiger partial charge < -0.3 is 28.4 Å². The van der Waals surface area contributed by atoms with Gasteiger partial charge >= 0.3 is 23.9 Å². The minimum atomic E-state index is -0.552. The topological polar surface area (TPSA) is 149 Å². The van der Waals surface area contributed by atoms with E-state index in [4.69, 9.17) is 28.4 Å². The second-order valence-electron chi connectivity index (χ2n) is 14.4. The number of hydrogen-bond acceptors (Lipinski definition) is 12. The number of nitrogens with zero attached hydrogens (tertiary/aromatic N) is 2. The van der Waals surface area contributed by atoms with Crippen molar-refractivity contribution < 1.29 is 47.6 Å². The van der Waals surface area contributed by atoms with Crippen molar-refractivity contribution in [3.05, 3.63) is 122 Å². The Morgan fingerprint density at radius 3 is 1.25 bits per heavy atom. The van der Waals surface area contributed by atoms with Gasteiger partial charge in [-0.25, -0.2) is 19.2 Å². The molecule has 0 spiro atoms. The van der Waals surface area contributed by atoms with Crippen LogP contribution >= 0.6 is 0 Å². The number of ether oxygens (including phenoxy) is 6. The maximum atomic E-state index is 13.2. The number of carbonyl (C=O) groups is 4. The Labute approximate surface area is 351 Å². The average Bonchev–Trinajstić information content (AvgIpc) is 3.29. The van der Waals surface area contributed by atoms with Crippen molar-refractivity contribution in [2.75, 3.05) is 26.4 Å². The molecule has 4 aromatic rings. The van der Waals surface area contributed by atoms with Gasteiger partial charge in [-0.2, -0.15) is 0 Å². The van der Waals surface area contributed by atoms with Gasteiger partial charge in [-0.3, -0.25) is 9.97 Å². The van der Waals surface area contributed by atoms with Gasteiger partial charge in [-0.15, -0.1) is 0 Å². The van der Waals surface area contributed by atoms with E-state index < -0.39 is 36.1 Å². The van der Waals surface area contributed by atoms with E-state index in [-0.39, 0.29) is 0 Å². The number of aromatic nitrogens is 2. The lowest BCUT2D eigenvalue weighted by atomic mass is 9.94. The van der Waals surface area contributed by atoms with E-state index in [0.29, 0.717) is 61.9 Å². The van der Waals surface area contributed by atoms with E-state index >= 15 is 0 Å². The Hall–Kier alpha value is -6.30. The smallest absolute Gasteiger partial charge is 0.338 e. The third-order valence-electron chi connectivity index (χ3n) is 9.90. The van der Waals surface area contributed by atoms with Crippen LogP contribution in [0.5, 0.6) is 11.5 Å². The van der Waals surface area contributed by atoms with Crippen LogP contribution < -0.4 is 9.47 Å². The molecule has 2 aromatic heterocycles. The molecule has 0 radical (unpaired) electrons. The molecule has 12 heteroatoms. The summed E-state index contributed by atoms with van der Waals surface area (Å²) in [4.78, 5) is 57.7. The van der Waals surface area contributed by atoms with Gasteiger partial charge in [0.1, 0.15) is 23.7 Å². The van der Waals surface area contributed by atoms with Crippen molar-refractivity contribution in [1.82, 2.24) is 9.97 Å². The lowest BCUT2D eigenvalue weighted by Crippen LogP contribution is -2.37. The van der Waals surface area contributed by atoms with Gasteiger partial charge in [0.05, 0.1) is 61.3 Å². The molecule has 1 saturated carbocycles. The minimum Gasteiger partial charge on any atom is -0.492 e. The fourth-order valence-electron chi connectivity index (χ4n) is 6.53. The average molecular weight is 819 g/mol. The number of pyridine rings is 2. The number of unbranched alkanes of at least 4 members (excludes halogenated alkanes) is 6. The summed E-state index contributed by atoms with van der Waals surface area (Å²) in [5.41, 5.74) is 3.96. The van der Waals surface area contributed by atoms with Crippen LogP contribution in [0.4, 0.5) is 0 Å². The highest BCUT2D eigenvalue weighted by Crippen LogP contribution is 2.28. The third kappa shape index (κ3) is 14.8. The Morgan fingerprint density at radius 1 is 0.517 bits per heavy atom. The molecule has 2 aromatic carbocycles. The molecule has 0 aliphatic heterocycles. The van der Waals surface area contributed by atoms with Gasteiger partial charge in [0.15, 0.2) is 0 Å². The summed E-state index contributed by atoms with van der Waals surface area (Å²) in [6, 6.07) is 21.6. The van der Waals surface area contributed by atoms with E-state index in [9.17, 15) is 19.2 Å². The molecule has 2 heterocycles. The quantitative estimate of drug-likeness (QED) is 0.0287. The van der Waals surface area contributed by atoms with Crippen LogP contribution in [0.15, 0.2) is 111 Å². The number of carbonyl (C=O) groups excluding carboxylic acids is 4. The zero-order valence-electron chi connectivity index (χ0n) is 34.1. The van der Waals surface area contributed by atoms with Crippen LogP contribution in [0.1, 0.15) is 97.8 Å². The molecule has 0 saturated heterocycles. The monoisotopic (exact) mass is 818 g/mol. The summed E-state index contributed by atoms with van der Waals surface area (Å²) >= 11 is 0. The van der Waals surface area contributed by atoms with Gasteiger partial charge in [0, 0.05) is 23.3 Å². The first-order valence-electron chi connectivity index (χ1n) is 20.7. The van der Waals surface area contributed by atoms with E-state index in [1.165, 1.54) is 0 Å². The zero-order chi connectivity index (χ0) is 42.4. The van der Waals surface area contributed by atoms with Gasteiger partial charge in [0.2, 0.25) is 0 Å². The molecule has 316 valence electrons. The van der Waals surface area contributed by atoms with E-state index in [0.717, 1.165) is 98.9 Å². The normalized spacial score (nSPS) is 14.6. The Morgan fingerprint density at radius 2 is 0.900 bits per heavy atom. The standard InChI is InChI=1S/C48H54N2O10/c1-3-45(51)57-31-13-7-5-11-29-55-39-25-27-41(49-33-39)35-17-21-37(22-18-35)47(53)59-43-15-9-10-16-44(43)60-48(54)38-23-19-36(20-24-38)42-28-26-40(34-50-42)56-30-12-6-8-14-32-58-46(52)4-2/h3-4,17-28,33-34,43-44H,1-2,5-16,29-32H2/t43-,44-/m1/s1. The minimum absolute atomic E-state index is 0.397. The maximum absolute atomic E-state index is 13.2. The summed E-state index contributed by atoms with van der Waals surface area (Å²) in [7, 11) is 0. The van der Waals surface area contributed by atoms with E-state index in [1.807, 2.05) is 48.5 Å². The van der Waals surface area contributed by atoms with Crippen molar-refractivity contribution in [3.63, 3.8) is 0 Å². The lowest BCUT2D eigenvalue weighted by Gasteiger charge is -2.30. The molecule has 0 N–H and O–H groups in total. The predicted octanol–water partition coefficient (Wildman–Crippen LogP) is 9.47. The van der Waals surface area contributed by atoms with Crippen molar-refractivity contribution in [3.8, 4) is 34.0 Å². The fraction of sp³-hybridized carbons (Fsp3) is 0.375. The summed E-state index contributed by atoms with van der Waals surface area (Å²) in [5, 5.41) is 0. The summed E-state index contributed by atoms with van der Waals surface area (Å²) in [5.74, 6) is -0.395. The van der Waals surface area contributed by atoms with Gasteiger partial charge in [-0.1, -0.05) is 37.4 Å². The number of esters is 4. The molecule has 1 aliphatic carbocycles. The maximum Gasteiger partial charge on any atom is 0.338 e. The van der Waals surface area contributed by atoms with Crippen LogP contribution in [-0.2, 0) is 28.5 Å². The molecule has 2 atom stereocenters. The Balaban J connectivity index is 1.02. The lowest BCUT2D eigenvalue weighted by molar-refractivity contribution is -0.138. The fourth-order valence-corrected chi connectivity index (χ4v) is 6.53. The first kappa shape index (κ1) is 44.8. The molecule has 0 amide bonds. The molecule has 1 fully saturated rings. The number of benzene rings is 2. The van der Waals surface area contributed by atoms with Crippen molar-refractivity contribution in [1.29, 1.82) is 0 Å². The number of rotatable bonds is 24. The van der Waals surface area contributed by atoms with Crippen molar-refractivity contribution in [2.45, 2.75) is 89.3 Å². The summed E-state index contributed by atoms with van der Waals surface area (Å²) in [6.45, 7) is 8.68. The van der Waals surface area contributed by atoms with Crippen LogP contribution in [0.2, 0.25) is 0 Å². The Kier molecular flexibility index (Phi) is 18.4. The zero-order valence-corrected chi connectivity index (χ0v) is 34.1. The molecular formula is C48H54N2O10. The molecule has 1 aliphatic rings. The molecule has 5 rings (SSSR count).